The molecule has 0 aromatic carbocycles. The van der Waals surface area contributed by atoms with Crippen molar-refractivity contribution in [1.82, 2.24) is 15.2 Å². The maximum Gasteiger partial charge on any atom is 0.273 e. The van der Waals surface area contributed by atoms with E-state index in [9.17, 15) is 14.4 Å². The summed E-state index contributed by atoms with van der Waals surface area (Å²) in [7, 11) is 0. The first-order valence-corrected chi connectivity index (χ1v) is 5.96. The van der Waals surface area contributed by atoms with Gasteiger partial charge in [-0.3, -0.25) is 19.7 Å². The monoisotopic (exact) mass is 272 g/mol. The summed E-state index contributed by atoms with van der Waals surface area (Å²) in [6.07, 6.45) is 0. The van der Waals surface area contributed by atoms with E-state index in [2.05, 4.69) is 10.3 Å². The van der Waals surface area contributed by atoms with Crippen LogP contribution in [-0.4, -0.2) is 40.2 Å². The lowest BCUT2D eigenvalue weighted by Crippen LogP contribution is -2.58. The van der Waals surface area contributed by atoms with Gasteiger partial charge in [-0.15, -0.1) is 0 Å². The lowest BCUT2D eigenvalue weighted by Gasteiger charge is -2.31. The van der Waals surface area contributed by atoms with Crippen molar-refractivity contribution < 1.29 is 14.4 Å². The second kappa shape index (κ2) is 5.09. The minimum Gasteiger partial charge on any atom is -0.316 e. The van der Waals surface area contributed by atoms with Crippen molar-refractivity contribution in [3.05, 3.63) is 29.1 Å². The predicted molar refractivity (Wildman–Crippen MR) is 67.3 cm³/mol. The van der Waals surface area contributed by atoms with Crippen LogP contribution in [0, 0.1) is 18.3 Å². The third-order valence-corrected chi connectivity index (χ3v) is 3.11. The number of hydrogen-bond acceptors (Lipinski definition) is 5. The molecule has 2 heterocycles. The zero-order chi connectivity index (χ0) is 14.9. The van der Waals surface area contributed by atoms with Crippen LogP contribution in [0.1, 0.15) is 28.7 Å². The summed E-state index contributed by atoms with van der Waals surface area (Å²) in [5.41, 5.74) is 0.914. The van der Waals surface area contributed by atoms with Gasteiger partial charge in [0.25, 0.3) is 5.91 Å². The topological polar surface area (TPSA) is 103 Å². The molecule has 1 aliphatic rings. The molecule has 1 saturated heterocycles. The van der Waals surface area contributed by atoms with Gasteiger partial charge in [0.1, 0.15) is 24.3 Å². The van der Waals surface area contributed by atoms with Gasteiger partial charge in [-0.1, -0.05) is 0 Å². The Labute approximate surface area is 115 Å². The van der Waals surface area contributed by atoms with Crippen LogP contribution in [0.25, 0.3) is 0 Å². The number of aromatic nitrogens is 1. The summed E-state index contributed by atoms with van der Waals surface area (Å²) in [5.74, 6) is -1.54. The Balaban J connectivity index is 2.31. The molecule has 1 N–H and O–H groups in total. The van der Waals surface area contributed by atoms with Gasteiger partial charge in [-0.25, -0.2) is 4.98 Å². The fourth-order valence-electron chi connectivity index (χ4n) is 1.91. The van der Waals surface area contributed by atoms with Crippen LogP contribution < -0.4 is 5.32 Å². The third-order valence-electron chi connectivity index (χ3n) is 3.11. The summed E-state index contributed by atoms with van der Waals surface area (Å²) in [5, 5.41) is 11.0. The zero-order valence-electron chi connectivity index (χ0n) is 11.0. The van der Waals surface area contributed by atoms with E-state index in [0.717, 1.165) is 4.90 Å². The molecular formula is C13H12N4O3. The van der Waals surface area contributed by atoms with Gasteiger partial charge < -0.3 is 4.90 Å². The lowest BCUT2D eigenvalue weighted by atomic mass is 10.1. The average molecular weight is 272 g/mol. The van der Waals surface area contributed by atoms with Crippen LogP contribution in [0.4, 0.5) is 0 Å². The van der Waals surface area contributed by atoms with Gasteiger partial charge in [0.2, 0.25) is 11.8 Å². The third kappa shape index (κ3) is 2.36. The average Bonchev–Trinajstić information content (AvgIpc) is 2.42. The maximum atomic E-state index is 12.3. The molecule has 0 radical (unpaired) electrons. The number of amides is 3. The molecule has 1 atom stereocenters. The normalized spacial score (nSPS) is 18.4. The van der Waals surface area contributed by atoms with E-state index >= 15 is 0 Å². The smallest absolute Gasteiger partial charge is 0.273 e. The minimum atomic E-state index is -0.738. The molecule has 0 spiro atoms. The molecule has 1 aliphatic heterocycles. The number of rotatable bonds is 1. The molecule has 102 valence electrons. The Morgan fingerprint density at radius 1 is 1.50 bits per heavy atom. The highest BCUT2D eigenvalue weighted by Gasteiger charge is 2.34. The highest BCUT2D eigenvalue weighted by Crippen LogP contribution is 2.12. The van der Waals surface area contributed by atoms with E-state index in [-0.39, 0.29) is 12.2 Å². The van der Waals surface area contributed by atoms with Gasteiger partial charge in [0.15, 0.2) is 0 Å². The number of nitrogens with one attached hydrogen (secondary N) is 1. The fourth-order valence-corrected chi connectivity index (χ4v) is 1.91. The summed E-state index contributed by atoms with van der Waals surface area (Å²) < 4.78 is 0. The molecule has 20 heavy (non-hydrogen) atoms. The molecule has 3 amide bonds. The van der Waals surface area contributed by atoms with Gasteiger partial charge >= 0.3 is 0 Å². The summed E-state index contributed by atoms with van der Waals surface area (Å²) in [6, 6.07) is 4.13. The van der Waals surface area contributed by atoms with Crippen molar-refractivity contribution in [2.45, 2.75) is 19.9 Å². The highest BCUT2D eigenvalue weighted by molar-refractivity contribution is 6.06. The first kappa shape index (κ1) is 13.7. The van der Waals surface area contributed by atoms with E-state index in [1.807, 2.05) is 6.07 Å². The molecule has 7 heteroatoms. The molecule has 1 unspecified atom stereocenters. The molecule has 0 aliphatic carbocycles. The van der Waals surface area contributed by atoms with Crippen molar-refractivity contribution in [1.29, 1.82) is 5.26 Å². The van der Waals surface area contributed by atoms with Crippen LogP contribution in [0.5, 0.6) is 0 Å². The number of aryl methyl sites for hydroxylation is 1. The molecule has 1 fully saturated rings. The lowest BCUT2D eigenvalue weighted by molar-refractivity contribution is -0.138. The predicted octanol–water partition coefficient (Wildman–Crippen LogP) is -0.251. The Bertz CT molecular complexity index is 648. The molecule has 1 aromatic heterocycles. The Hall–Kier alpha value is -2.75. The first-order chi connectivity index (χ1) is 9.43. The second-order valence-electron chi connectivity index (χ2n) is 4.46. The Morgan fingerprint density at radius 3 is 2.80 bits per heavy atom. The second-order valence-corrected chi connectivity index (χ2v) is 4.46. The Morgan fingerprint density at radius 2 is 2.20 bits per heavy atom. The number of nitriles is 1. The molecular weight excluding hydrogens is 260 g/mol. The van der Waals surface area contributed by atoms with Crippen LogP contribution in [0.2, 0.25) is 0 Å². The van der Waals surface area contributed by atoms with Gasteiger partial charge in [0.05, 0.1) is 11.3 Å². The molecule has 7 nitrogen and oxygen atoms in total. The number of pyridine rings is 1. The number of carbonyl (C=O) groups excluding carboxylic acids is 3. The van der Waals surface area contributed by atoms with Crippen molar-refractivity contribution in [2.75, 3.05) is 6.54 Å². The first-order valence-electron chi connectivity index (χ1n) is 5.96. The zero-order valence-corrected chi connectivity index (χ0v) is 11.0. The van der Waals surface area contributed by atoms with E-state index in [1.54, 1.807) is 6.92 Å². The highest BCUT2D eigenvalue weighted by atomic mass is 16.2. The SMILES string of the molecule is Cc1nc(C(=O)N2CC(=O)NC(=O)C2C)ccc1C#N. The molecule has 0 saturated carbocycles. The van der Waals surface area contributed by atoms with Gasteiger partial charge in [0, 0.05) is 0 Å². The van der Waals surface area contributed by atoms with Gasteiger partial charge in [-0.2, -0.15) is 5.26 Å². The number of carbonyl (C=O) groups is 3. The van der Waals surface area contributed by atoms with Crippen LogP contribution in [0.15, 0.2) is 12.1 Å². The minimum absolute atomic E-state index is 0.107. The van der Waals surface area contributed by atoms with E-state index in [4.69, 9.17) is 5.26 Å². The largest absolute Gasteiger partial charge is 0.316 e. The summed E-state index contributed by atoms with van der Waals surface area (Å²) in [4.78, 5) is 40.4. The van der Waals surface area contributed by atoms with Crippen molar-refractivity contribution in [3.63, 3.8) is 0 Å². The van der Waals surface area contributed by atoms with E-state index < -0.39 is 23.8 Å². The molecule has 2 rings (SSSR count). The Kier molecular flexibility index (Phi) is 3.48. The number of piperazine rings is 1. The number of imide groups is 1. The maximum absolute atomic E-state index is 12.3. The number of hydrogen-bond donors (Lipinski definition) is 1. The molecule has 0 bridgehead atoms. The van der Waals surface area contributed by atoms with Gasteiger partial charge in [-0.05, 0) is 26.0 Å². The van der Waals surface area contributed by atoms with Crippen molar-refractivity contribution >= 4 is 17.7 Å². The quantitative estimate of drug-likeness (QED) is 0.710. The van der Waals surface area contributed by atoms with Crippen LogP contribution in [-0.2, 0) is 9.59 Å². The van der Waals surface area contributed by atoms with Crippen molar-refractivity contribution in [2.24, 2.45) is 0 Å². The van der Waals surface area contributed by atoms with Crippen LogP contribution >= 0.6 is 0 Å². The summed E-state index contributed by atoms with van der Waals surface area (Å²) in [6.45, 7) is 2.97. The fraction of sp³-hybridized carbons (Fsp3) is 0.308. The standard InChI is InChI=1S/C13H12N4O3/c1-7-9(5-14)3-4-10(15-7)13(20)17-6-11(18)16-12(19)8(17)2/h3-4,8H,6H2,1-2H3,(H,16,18,19). The van der Waals surface area contributed by atoms with E-state index in [0.29, 0.717) is 11.3 Å². The van der Waals surface area contributed by atoms with Crippen LogP contribution in [0.3, 0.4) is 0 Å². The summed E-state index contributed by atoms with van der Waals surface area (Å²) >= 11 is 0. The van der Waals surface area contributed by atoms with Crippen molar-refractivity contribution in [3.8, 4) is 6.07 Å². The number of nitrogens with zero attached hydrogens (tertiary/aromatic N) is 3. The van der Waals surface area contributed by atoms with E-state index in [1.165, 1.54) is 19.1 Å². The molecule has 1 aromatic rings.